The highest BCUT2D eigenvalue weighted by Gasteiger charge is 2.20. The average Bonchev–Trinajstić information content (AvgIpc) is 2.35. The fraction of sp³-hybridized carbons (Fsp3) is 0.562. The Balaban J connectivity index is 2.00. The van der Waals surface area contributed by atoms with Gasteiger partial charge >= 0.3 is 0 Å². The van der Waals surface area contributed by atoms with Crippen LogP contribution in [0.5, 0.6) is 0 Å². The van der Waals surface area contributed by atoms with Crippen LogP contribution in [0.1, 0.15) is 36.8 Å². The van der Waals surface area contributed by atoms with Crippen molar-refractivity contribution in [1.29, 1.82) is 0 Å². The van der Waals surface area contributed by atoms with Crippen molar-refractivity contribution in [3.05, 3.63) is 29.3 Å². The van der Waals surface area contributed by atoms with Gasteiger partial charge in [-0.25, -0.2) is 0 Å². The average molecular weight is 245 g/mol. The number of hydrogen-bond acceptors (Lipinski definition) is 2. The number of Topliss-reactive ketones (excluding diaryl/α,β-unsaturated/α-hetero) is 1. The molecule has 18 heavy (non-hydrogen) atoms. The van der Waals surface area contributed by atoms with E-state index in [0.717, 1.165) is 32.2 Å². The molecule has 1 saturated carbocycles. The predicted octanol–water partition coefficient (Wildman–Crippen LogP) is 3.50. The SMILES string of the molecule is Cc1ccc(C)c(N(C)CC2CCC(=O)CC2)c1. The molecule has 0 amide bonds. The highest BCUT2D eigenvalue weighted by Crippen LogP contribution is 2.26. The quantitative estimate of drug-likeness (QED) is 0.812. The first-order valence-electron chi connectivity index (χ1n) is 6.86. The van der Waals surface area contributed by atoms with Gasteiger partial charge in [0.15, 0.2) is 0 Å². The van der Waals surface area contributed by atoms with Gasteiger partial charge in [-0.05, 0) is 49.8 Å². The highest BCUT2D eigenvalue weighted by atomic mass is 16.1. The van der Waals surface area contributed by atoms with Crippen LogP contribution in [0.2, 0.25) is 0 Å². The second-order valence-corrected chi connectivity index (χ2v) is 5.65. The number of rotatable bonds is 3. The number of benzene rings is 1. The molecule has 1 aliphatic rings. The van der Waals surface area contributed by atoms with E-state index < -0.39 is 0 Å². The van der Waals surface area contributed by atoms with Gasteiger partial charge in [0.2, 0.25) is 0 Å². The van der Waals surface area contributed by atoms with Crippen LogP contribution >= 0.6 is 0 Å². The van der Waals surface area contributed by atoms with Gasteiger partial charge in [-0.3, -0.25) is 4.79 Å². The molecular formula is C16H23NO. The number of carbonyl (C=O) groups is 1. The van der Waals surface area contributed by atoms with Crippen molar-refractivity contribution < 1.29 is 4.79 Å². The summed E-state index contributed by atoms with van der Waals surface area (Å²) in [5, 5.41) is 0. The molecule has 2 rings (SSSR count). The minimum absolute atomic E-state index is 0.445. The lowest BCUT2D eigenvalue weighted by Gasteiger charge is -2.29. The van der Waals surface area contributed by atoms with Crippen LogP contribution in [-0.4, -0.2) is 19.4 Å². The molecule has 0 radical (unpaired) electrons. The van der Waals surface area contributed by atoms with E-state index in [-0.39, 0.29) is 0 Å². The van der Waals surface area contributed by atoms with E-state index in [4.69, 9.17) is 0 Å². The van der Waals surface area contributed by atoms with Crippen molar-refractivity contribution in [1.82, 2.24) is 0 Å². The van der Waals surface area contributed by atoms with Gasteiger partial charge in [0.05, 0.1) is 0 Å². The Morgan fingerprint density at radius 3 is 2.56 bits per heavy atom. The zero-order chi connectivity index (χ0) is 13.1. The maximum Gasteiger partial charge on any atom is 0.132 e. The Bertz CT molecular complexity index is 429. The number of ketones is 1. The lowest BCUT2D eigenvalue weighted by molar-refractivity contribution is -0.120. The van der Waals surface area contributed by atoms with Crippen molar-refractivity contribution in [2.75, 3.05) is 18.5 Å². The Morgan fingerprint density at radius 1 is 1.22 bits per heavy atom. The van der Waals surface area contributed by atoms with E-state index in [1.165, 1.54) is 16.8 Å². The minimum Gasteiger partial charge on any atom is -0.374 e. The molecule has 0 heterocycles. The number of aryl methyl sites for hydroxylation is 2. The zero-order valence-electron chi connectivity index (χ0n) is 11.7. The Hall–Kier alpha value is -1.31. The fourth-order valence-corrected chi connectivity index (χ4v) is 2.80. The summed E-state index contributed by atoms with van der Waals surface area (Å²) in [6.07, 6.45) is 3.69. The van der Waals surface area contributed by atoms with Gasteiger partial charge < -0.3 is 4.90 Å². The largest absolute Gasteiger partial charge is 0.374 e. The maximum atomic E-state index is 11.2. The molecule has 0 N–H and O–H groups in total. The summed E-state index contributed by atoms with van der Waals surface area (Å²) in [6.45, 7) is 5.36. The molecule has 1 fully saturated rings. The molecule has 0 spiro atoms. The number of carbonyl (C=O) groups excluding carboxylic acids is 1. The summed E-state index contributed by atoms with van der Waals surface area (Å²) in [5.74, 6) is 1.12. The molecule has 1 aliphatic carbocycles. The number of hydrogen-bond donors (Lipinski definition) is 0. The zero-order valence-corrected chi connectivity index (χ0v) is 11.7. The van der Waals surface area contributed by atoms with Crippen LogP contribution in [-0.2, 0) is 4.79 Å². The van der Waals surface area contributed by atoms with E-state index in [1.807, 2.05) is 0 Å². The fourth-order valence-electron chi connectivity index (χ4n) is 2.80. The van der Waals surface area contributed by atoms with Crippen LogP contribution < -0.4 is 4.90 Å². The monoisotopic (exact) mass is 245 g/mol. The summed E-state index contributed by atoms with van der Waals surface area (Å²) in [7, 11) is 2.16. The maximum absolute atomic E-state index is 11.2. The third-order valence-electron chi connectivity index (χ3n) is 3.97. The van der Waals surface area contributed by atoms with Gasteiger partial charge in [0.1, 0.15) is 5.78 Å². The van der Waals surface area contributed by atoms with Crippen LogP contribution in [0.15, 0.2) is 18.2 Å². The molecule has 2 nitrogen and oxygen atoms in total. The van der Waals surface area contributed by atoms with E-state index >= 15 is 0 Å². The normalized spacial score (nSPS) is 16.9. The molecule has 1 aromatic carbocycles. The summed E-state index contributed by atoms with van der Waals surface area (Å²) in [5.41, 5.74) is 3.96. The van der Waals surface area contributed by atoms with Crippen LogP contribution in [0, 0.1) is 19.8 Å². The van der Waals surface area contributed by atoms with Crippen LogP contribution in [0.25, 0.3) is 0 Å². The van der Waals surface area contributed by atoms with Gasteiger partial charge in [0, 0.05) is 32.1 Å². The first kappa shape index (κ1) is 13.1. The van der Waals surface area contributed by atoms with Gasteiger partial charge in [-0.2, -0.15) is 0 Å². The Kier molecular flexibility index (Phi) is 4.05. The summed E-state index contributed by atoms with van der Waals surface area (Å²) >= 11 is 0. The lowest BCUT2D eigenvalue weighted by Crippen LogP contribution is -2.28. The third-order valence-corrected chi connectivity index (χ3v) is 3.97. The molecule has 0 aromatic heterocycles. The van der Waals surface area contributed by atoms with E-state index in [0.29, 0.717) is 11.7 Å². The summed E-state index contributed by atoms with van der Waals surface area (Å²) < 4.78 is 0. The molecular weight excluding hydrogens is 222 g/mol. The second-order valence-electron chi connectivity index (χ2n) is 5.65. The Morgan fingerprint density at radius 2 is 1.89 bits per heavy atom. The molecule has 98 valence electrons. The third kappa shape index (κ3) is 3.12. The van der Waals surface area contributed by atoms with Crippen molar-refractivity contribution in [3.63, 3.8) is 0 Å². The standard InChI is InChI=1S/C16H23NO/c1-12-4-5-13(2)16(10-12)17(3)11-14-6-8-15(18)9-7-14/h4-5,10,14H,6-9,11H2,1-3H3. The van der Waals surface area contributed by atoms with Crippen molar-refractivity contribution in [3.8, 4) is 0 Å². The van der Waals surface area contributed by atoms with E-state index in [1.54, 1.807) is 0 Å². The van der Waals surface area contributed by atoms with Crippen molar-refractivity contribution in [2.45, 2.75) is 39.5 Å². The lowest BCUT2D eigenvalue weighted by atomic mass is 9.88. The topological polar surface area (TPSA) is 20.3 Å². The highest BCUT2D eigenvalue weighted by molar-refractivity contribution is 5.79. The minimum atomic E-state index is 0.445. The molecule has 0 bridgehead atoms. The summed E-state index contributed by atoms with van der Waals surface area (Å²) in [4.78, 5) is 13.6. The first-order valence-corrected chi connectivity index (χ1v) is 6.86. The van der Waals surface area contributed by atoms with Gasteiger partial charge in [-0.15, -0.1) is 0 Å². The smallest absolute Gasteiger partial charge is 0.132 e. The van der Waals surface area contributed by atoms with Gasteiger partial charge in [-0.1, -0.05) is 12.1 Å². The summed E-state index contributed by atoms with van der Waals surface area (Å²) in [6, 6.07) is 6.60. The van der Waals surface area contributed by atoms with Crippen molar-refractivity contribution in [2.24, 2.45) is 5.92 Å². The number of anilines is 1. The Labute approximate surface area is 110 Å². The molecule has 0 unspecified atom stereocenters. The van der Waals surface area contributed by atoms with E-state index in [9.17, 15) is 4.79 Å². The molecule has 0 saturated heterocycles. The van der Waals surface area contributed by atoms with Crippen LogP contribution in [0.4, 0.5) is 5.69 Å². The molecule has 0 atom stereocenters. The molecule has 2 heteroatoms. The van der Waals surface area contributed by atoms with Gasteiger partial charge in [0.25, 0.3) is 0 Å². The second kappa shape index (κ2) is 5.55. The molecule has 1 aromatic rings. The number of nitrogens with zero attached hydrogens (tertiary/aromatic N) is 1. The first-order chi connectivity index (χ1) is 8.56. The predicted molar refractivity (Wildman–Crippen MR) is 76.2 cm³/mol. The molecule has 0 aliphatic heterocycles. The van der Waals surface area contributed by atoms with Crippen molar-refractivity contribution >= 4 is 11.5 Å². The van der Waals surface area contributed by atoms with E-state index in [2.05, 4.69) is 44.0 Å². The van der Waals surface area contributed by atoms with Crippen LogP contribution in [0.3, 0.4) is 0 Å².